The molecule has 1 nitrogen and oxygen atoms in total. The highest BCUT2D eigenvalue weighted by Crippen LogP contribution is 2.06. The highest BCUT2D eigenvalue weighted by atomic mass is 14.6. The molecule has 2 aromatic rings. The molecule has 0 spiro atoms. The third-order valence-electron chi connectivity index (χ3n) is 2.64. The van der Waals surface area contributed by atoms with Gasteiger partial charge in [-0.2, -0.15) is 0 Å². The van der Waals surface area contributed by atoms with Gasteiger partial charge in [-0.15, -0.1) is 0 Å². The van der Waals surface area contributed by atoms with Crippen LogP contribution in [0.3, 0.4) is 0 Å². The first-order valence-electron chi connectivity index (χ1n) is 6.15. The Hall–Kier alpha value is -2.04. The number of hydrogen-bond acceptors (Lipinski definition) is 1. The molecule has 0 aliphatic heterocycles. The summed E-state index contributed by atoms with van der Waals surface area (Å²) in [5.41, 5.74) is 9.10. The molecule has 0 bridgehead atoms. The van der Waals surface area contributed by atoms with Gasteiger partial charge in [0.05, 0.1) is 0 Å². The molecule has 0 fully saturated rings. The van der Waals surface area contributed by atoms with E-state index in [1.807, 2.05) is 49.4 Å². The normalized spacial score (nSPS) is 11.4. The maximum Gasteiger partial charge on any atom is 0.0249 e. The third-order valence-corrected chi connectivity index (χ3v) is 2.64. The summed E-state index contributed by atoms with van der Waals surface area (Å²) in [6.07, 6.45) is 0.909. The third kappa shape index (κ3) is 3.76. The summed E-state index contributed by atoms with van der Waals surface area (Å²) in [7, 11) is 0. The fourth-order valence-electron chi connectivity index (χ4n) is 1.76. The van der Waals surface area contributed by atoms with Crippen molar-refractivity contribution in [1.29, 1.82) is 0 Å². The zero-order valence-corrected chi connectivity index (χ0v) is 10.6. The van der Waals surface area contributed by atoms with Crippen molar-refractivity contribution >= 4 is 0 Å². The molecule has 2 aromatic carbocycles. The van der Waals surface area contributed by atoms with Crippen LogP contribution in [-0.4, -0.2) is 6.04 Å². The highest BCUT2D eigenvalue weighted by molar-refractivity contribution is 5.43. The Labute approximate surface area is 109 Å². The average molecular weight is 235 g/mol. The van der Waals surface area contributed by atoms with Gasteiger partial charge in [0.15, 0.2) is 0 Å². The SMILES string of the molecule is CC(N)Cc1ccc(C#Cc2ccccc2)cc1. The van der Waals surface area contributed by atoms with Gasteiger partial charge in [-0.1, -0.05) is 42.2 Å². The van der Waals surface area contributed by atoms with Crippen LogP contribution < -0.4 is 5.73 Å². The van der Waals surface area contributed by atoms with Crippen molar-refractivity contribution in [2.45, 2.75) is 19.4 Å². The number of rotatable bonds is 2. The van der Waals surface area contributed by atoms with Crippen molar-refractivity contribution in [3.63, 3.8) is 0 Å². The smallest absolute Gasteiger partial charge is 0.0249 e. The Morgan fingerprint density at radius 1 is 0.889 bits per heavy atom. The molecule has 0 radical (unpaired) electrons. The summed E-state index contributed by atoms with van der Waals surface area (Å²) in [5, 5.41) is 0. The summed E-state index contributed by atoms with van der Waals surface area (Å²) in [6.45, 7) is 2.02. The Morgan fingerprint density at radius 2 is 1.44 bits per heavy atom. The van der Waals surface area contributed by atoms with Crippen LogP contribution in [0.15, 0.2) is 54.6 Å². The predicted octanol–water partition coefficient (Wildman–Crippen LogP) is 2.98. The van der Waals surface area contributed by atoms with E-state index in [-0.39, 0.29) is 6.04 Å². The summed E-state index contributed by atoms with van der Waals surface area (Å²) in [4.78, 5) is 0. The van der Waals surface area contributed by atoms with Crippen molar-refractivity contribution < 1.29 is 0 Å². The molecule has 0 saturated heterocycles. The first-order valence-corrected chi connectivity index (χ1v) is 6.15. The van der Waals surface area contributed by atoms with E-state index in [0.717, 1.165) is 17.5 Å². The fourth-order valence-corrected chi connectivity index (χ4v) is 1.76. The van der Waals surface area contributed by atoms with Crippen molar-refractivity contribution in [2.24, 2.45) is 5.73 Å². The summed E-state index contributed by atoms with van der Waals surface area (Å²) >= 11 is 0. The quantitative estimate of drug-likeness (QED) is 0.796. The average Bonchev–Trinajstić information content (AvgIpc) is 2.38. The summed E-state index contributed by atoms with van der Waals surface area (Å²) in [5.74, 6) is 6.31. The minimum Gasteiger partial charge on any atom is -0.328 e. The molecule has 2 N–H and O–H groups in total. The van der Waals surface area contributed by atoms with E-state index in [1.54, 1.807) is 0 Å². The van der Waals surface area contributed by atoms with Gasteiger partial charge in [-0.25, -0.2) is 0 Å². The van der Waals surface area contributed by atoms with Crippen LogP contribution in [0, 0.1) is 11.8 Å². The predicted molar refractivity (Wildman–Crippen MR) is 76.2 cm³/mol. The van der Waals surface area contributed by atoms with Crippen LogP contribution in [0.5, 0.6) is 0 Å². The van der Waals surface area contributed by atoms with Gasteiger partial charge in [-0.3, -0.25) is 0 Å². The molecule has 90 valence electrons. The first kappa shape index (κ1) is 12.4. The Balaban J connectivity index is 2.09. The van der Waals surface area contributed by atoms with Crippen molar-refractivity contribution in [1.82, 2.24) is 0 Å². The van der Waals surface area contributed by atoms with Gasteiger partial charge in [0.25, 0.3) is 0 Å². The molecule has 0 heterocycles. The Morgan fingerprint density at radius 3 is 2.00 bits per heavy atom. The standard InChI is InChI=1S/C17H17N/c1-14(18)13-17-11-9-16(10-12-17)8-7-15-5-3-2-4-6-15/h2-6,9-12,14H,13,18H2,1H3. The molecule has 0 saturated carbocycles. The van der Waals surface area contributed by atoms with Gasteiger partial charge in [0.2, 0.25) is 0 Å². The monoisotopic (exact) mass is 235 g/mol. The van der Waals surface area contributed by atoms with Crippen molar-refractivity contribution in [3.8, 4) is 11.8 Å². The number of benzene rings is 2. The van der Waals surface area contributed by atoms with E-state index in [4.69, 9.17) is 5.73 Å². The van der Waals surface area contributed by atoms with Gasteiger partial charge in [-0.05, 0) is 43.2 Å². The van der Waals surface area contributed by atoms with E-state index in [1.165, 1.54) is 5.56 Å². The molecule has 0 amide bonds. The van der Waals surface area contributed by atoms with Crippen LogP contribution in [0.25, 0.3) is 0 Å². The lowest BCUT2D eigenvalue weighted by molar-refractivity contribution is 0.738. The molecule has 2 rings (SSSR count). The molecular formula is C17H17N. The van der Waals surface area contributed by atoms with Crippen LogP contribution >= 0.6 is 0 Å². The maximum atomic E-state index is 5.77. The van der Waals surface area contributed by atoms with Crippen molar-refractivity contribution in [2.75, 3.05) is 0 Å². The second kappa shape index (κ2) is 6.05. The second-order valence-electron chi connectivity index (χ2n) is 4.49. The molecular weight excluding hydrogens is 218 g/mol. The lowest BCUT2D eigenvalue weighted by Crippen LogP contribution is -2.17. The van der Waals surface area contributed by atoms with Crippen LogP contribution in [0.2, 0.25) is 0 Å². The molecule has 0 aliphatic carbocycles. The lowest BCUT2D eigenvalue weighted by Gasteiger charge is -2.04. The molecule has 0 aliphatic rings. The minimum absolute atomic E-state index is 0.200. The van der Waals surface area contributed by atoms with Gasteiger partial charge in [0, 0.05) is 17.2 Å². The molecule has 0 aromatic heterocycles. The van der Waals surface area contributed by atoms with E-state index in [9.17, 15) is 0 Å². The molecule has 1 heteroatoms. The summed E-state index contributed by atoms with van der Waals surface area (Å²) < 4.78 is 0. The van der Waals surface area contributed by atoms with Crippen LogP contribution in [-0.2, 0) is 6.42 Å². The van der Waals surface area contributed by atoms with Gasteiger partial charge < -0.3 is 5.73 Å². The Bertz CT molecular complexity index is 542. The van der Waals surface area contributed by atoms with E-state index < -0.39 is 0 Å². The molecule has 1 unspecified atom stereocenters. The van der Waals surface area contributed by atoms with Gasteiger partial charge >= 0.3 is 0 Å². The molecule has 18 heavy (non-hydrogen) atoms. The zero-order valence-electron chi connectivity index (χ0n) is 10.6. The Kier molecular flexibility index (Phi) is 4.17. The fraction of sp³-hybridized carbons (Fsp3) is 0.176. The van der Waals surface area contributed by atoms with E-state index in [0.29, 0.717) is 0 Å². The maximum absolute atomic E-state index is 5.77. The van der Waals surface area contributed by atoms with Crippen molar-refractivity contribution in [3.05, 3.63) is 71.3 Å². The topological polar surface area (TPSA) is 26.0 Å². The van der Waals surface area contributed by atoms with E-state index in [2.05, 4.69) is 24.0 Å². The number of nitrogens with two attached hydrogens (primary N) is 1. The van der Waals surface area contributed by atoms with Crippen LogP contribution in [0.4, 0.5) is 0 Å². The summed E-state index contributed by atoms with van der Waals surface area (Å²) in [6, 6.07) is 18.5. The highest BCUT2D eigenvalue weighted by Gasteiger charge is 1.96. The number of hydrogen-bond donors (Lipinski definition) is 1. The first-order chi connectivity index (χ1) is 8.74. The minimum atomic E-state index is 0.200. The van der Waals surface area contributed by atoms with Crippen LogP contribution in [0.1, 0.15) is 23.6 Å². The lowest BCUT2D eigenvalue weighted by atomic mass is 10.1. The zero-order chi connectivity index (χ0) is 12.8. The van der Waals surface area contributed by atoms with Gasteiger partial charge in [0.1, 0.15) is 0 Å². The molecule has 1 atom stereocenters. The largest absolute Gasteiger partial charge is 0.328 e. The van der Waals surface area contributed by atoms with E-state index >= 15 is 0 Å². The second-order valence-corrected chi connectivity index (χ2v) is 4.49.